The molecular formula is C17H26N2O. The van der Waals surface area contributed by atoms with Crippen LogP contribution in [0.3, 0.4) is 0 Å². The zero-order valence-corrected chi connectivity index (χ0v) is 12.9. The van der Waals surface area contributed by atoms with Gasteiger partial charge in [-0.25, -0.2) is 0 Å². The highest BCUT2D eigenvalue weighted by Crippen LogP contribution is 2.21. The smallest absolute Gasteiger partial charge is 0.254 e. The summed E-state index contributed by atoms with van der Waals surface area (Å²) >= 11 is 0. The van der Waals surface area contributed by atoms with Gasteiger partial charge in [0.2, 0.25) is 0 Å². The van der Waals surface area contributed by atoms with Crippen molar-refractivity contribution in [3.8, 4) is 0 Å². The number of nitrogens with one attached hydrogen (secondary N) is 1. The molecule has 20 heavy (non-hydrogen) atoms. The standard InChI is InChI=1S/C17H26N2O/c1-13(2)14-7-9-15(10-8-14)17(20)19-11-5-4-6-16(19)12-18-3/h7-10,13,16,18H,4-6,11-12H2,1-3H3. The van der Waals surface area contributed by atoms with E-state index < -0.39 is 0 Å². The Hall–Kier alpha value is -1.35. The van der Waals surface area contributed by atoms with Crippen LogP contribution in [0.25, 0.3) is 0 Å². The summed E-state index contributed by atoms with van der Waals surface area (Å²) in [7, 11) is 1.95. The lowest BCUT2D eigenvalue weighted by Gasteiger charge is -2.35. The molecule has 0 aromatic heterocycles. The molecule has 0 spiro atoms. The topological polar surface area (TPSA) is 32.3 Å². The Morgan fingerprint density at radius 1 is 1.30 bits per heavy atom. The van der Waals surface area contributed by atoms with Crippen molar-refractivity contribution in [2.24, 2.45) is 0 Å². The summed E-state index contributed by atoms with van der Waals surface area (Å²) in [5, 5.41) is 3.20. The molecule has 3 heteroatoms. The van der Waals surface area contributed by atoms with Crippen LogP contribution in [-0.4, -0.2) is 37.0 Å². The Bertz CT molecular complexity index is 437. The molecule has 3 nitrogen and oxygen atoms in total. The number of hydrogen-bond acceptors (Lipinski definition) is 2. The van der Waals surface area contributed by atoms with E-state index in [1.807, 2.05) is 24.1 Å². The number of piperidine rings is 1. The van der Waals surface area contributed by atoms with Gasteiger partial charge in [0, 0.05) is 24.7 Å². The molecule has 1 heterocycles. The fourth-order valence-electron chi connectivity index (χ4n) is 2.89. The van der Waals surface area contributed by atoms with Gasteiger partial charge in [0.05, 0.1) is 0 Å². The Morgan fingerprint density at radius 3 is 2.60 bits per heavy atom. The number of benzene rings is 1. The van der Waals surface area contributed by atoms with Crippen LogP contribution in [0.15, 0.2) is 24.3 Å². The van der Waals surface area contributed by atoms with Crippen LogP contribution in [0.5, 0.6) is 0 Å². The molecule has 1 N–H and O–H groups in total. The van der Waals surface area contributed by atoms with Crippen molar-refractivity contribution in [3.63, 3.8) is 0 Å². The molecule has 0 saturated carbocycles. The van der Waals surface area contributed by atoms with Crippen LogP contribution in [0.4, 0.5) is 0 Å². The van der Waals surface area contributed by atoms with Gasteiger partial charge in [0.15, 0.2) is 0 Å². The van der Waals surface area contributed by atoms with E-state index in [1.165, 1.54) is 12.0 Å². The lowest BCUT2D eigenvalue weighted by Crippen LogP contribution is -2.48. The molecule has 110 valence electrons. The Kier molecular flexibility index (Phi) is 5.18. The molecule has 0 bridgehead atoms. The van der Waals surface area contributed by atoms with Gasteiger partial charge in [-0.15, -0.1) is 0 Å². The lowest BCUT2D eigenvalue weighted by molar-refractivity contribution is 0.0615. The second-order valence-corrected chi connectivity index (χ2v) is 5.98. The summed E-state index contributed by atoms with van der Waals surface area (Å²) in [4.78, 5) is 14.7. The van der Waals surface area contributed by atoms with E-state index >= 15 is 0 Å². The van der Waals surface area contributed by atoms with Crippen molar-refractivity contribution < 1.29 is 4.79 Å². The van der Waals surface area contributed by atoms with Crippen molar-refractivity contribution >= 4 is 5.91 Å². The fraction of sp³-hybridized carbons (Fsp3) is 0.588. The highest BCUT2D eigenvalue weighted by Gasteiger charge is 2.26. The van der Waals surface area contributed by atoms with Gasteiger partial charge in [0.25, 0.3) is 5.91 Å². The van der Waals surface area contributed by atoms with Crippen LogP contribution < -0.4 is 5.32 Å². The van der Waals surface area contributed by atoms with Crippen molar-refractivity contribution in [2.45, 2.75) is 45.1 Å². The highest BCUT2D eigenvalue weighted by molar-refractivity contribution is 5.94. The van der Waals surface area contributed by atoms with Crippen molar-refractivity contribution in [3.05, 3.63) is 35.4 Å². The van der Waals surface area contributed by atoms with E-state index in [0.717, 1.165) is 31.5 Å². The first-order valence-electron chi connectivity index (χ1n) is 7.69. The van der Waals surface area contributed by atoms with Crippen LogP contribution in [0.2, 0.25) is 0 Å². The molecule has 0 aliphatic carbocycles. The van der Waals surface area contributed by atoms with Gasteiger partial charge in [-0.05, 0) is 49.9 Å². The van der Waals surface area contributed by atoms with Crippen LogP contribution in [0, 0.1) is 0 Å². The molecular weight excluding hydrogens is 248 g/mol. The first-order chi connectivity index (χ1) is 9.63. The highest BCUT2D eigenvalue weighted by atomic mass is 16.2. The summed E-state index contributed by atoms with van der Waals surface area (Å²) in [5.41, 5.74) is 2.10. The summed E-state index contributed by atoms with van der Waals surface area (Å²) in [6.45, 7) is 6.11. The first-order valence-corrected chi connectivity index (χ1v) is 7.69. The zero-order chi connectivity index (χ0) is 14.5. The maximum atomic E-state index is 12.7. The second-order valence-electron chi connectivity index (χ2n) is 5.98. The predicted molar refractivity (Wildman–Crippen MR) is 83.1 cm³/mol. The third-order valence-corrected chi connectivity index (χ3v) is 4.15. The monoisotopic (exact) mass is 274 g/mol. The summed E-state index contributed by atoms with van der Waals surface area (Å²) in [6, 6.07) is 8.45. The number of likely N-dealkylation sites (tertiary alicyclic amines) is 1. The molecule has 2 rings (SSSR count). The van der Waals surface area contributed by atoms with E-state index in [9.17, 15) is 4.79 Å². The maximum Gasteiger partial charge on any atom is 0.254 e. The molecule has 1 atom stereocenters. The zero-order valence-electron chi connectivity index (χ0n) is 12.9. The number of nitrogens with zero attached hydrogens (tertiary/aromatic N) is 1. The summed E-state index contributed by atoms with van der Waals surface area (Å²) < 4.78 is 0. The normalized spacial score (nSPS) is 19.4. The summed E-state index contributed by atoms with van der Waals surface area (Å²) in [6.07, 6.45) is 3.45. The average Bonchev–Trinajstić information content (AvgIpc) is 2.47. The predicted octanol–water partition coefficient (Wildman–Crippen LogP) is 3.02. The van der Waals surface area contributed by atoms with Gasteiger partial charge < -0.3 is 10.2 Å². The van der Waals surface area contributed by atoms with Crippen molar-refractivity contribution in [1.82, 2.24) is 10.2 Å². The van der Waals surface area contributed by atoms with E-state index in [0.29, 0.717) is 12.0 Å². The van der Waals surface area contributed by atoms with Crippen LogP contribution in [0.1, 0.15) is 54.9 Å². The Morgan fingerprint density at radius 2 is 2.00 bits per heavy atom. The van der Waals surface area contributed by atoms with E-state index in [2.05, 4.69) is 31.3 Å². The van der Waals surface area contributed by atoms with Gasteiger partial charge in [-0.1, -0.05) is 26.0 Å². The second kappa shape index (κ2) is 6.89. The maximum absolute atomic E-state index is 12.7. The minimum absolute atomic E-state index is 0.181. The number of amides is 1. The molecule has 0 radical (unpaired) electrons. The minimum atomic E-state index is 0.181. The largest absolute Gasteiger partial charge is 0.334 e. The third-order valence-electron chi connectivity index (χ3n) is 4.15. The van der Waals surface area contributed by atoms with Crippen LogP contribution >= 0.6 is 0 Å². The number of likely N-dealkylation sites (N-methyl/N-ethyl adjacent to an activating group) is 1. The van der Waals surface area contributed by atoms with Gasteiger partial charge in [0.1, 0.15) is 0 Å². The molecule has 1 unspecified atom stereocenters. The average molecular weight is 274 g/mol. The summed E-state index contributed by atoms with van der Waals surface area (Å²) in [5.74, 6) is 0.687. The molecule has 1 amide bonds. The quantitative estimate of drug-likeness (QED) is 0.915. The molecule has 1 aromatic rings. The van der Waals surface area contributed by atoms with Gasteiger partial charge in [-0.3, -0.25) is 4.79 Å². The molecule has 1 aromatic carbocycles. The molecule has 1 saturated heterocycles. The Balaban J connectivity index is 2.12. The third kappa shape index (κ3) is 3.40. The number of rotatable bonds is 4. The van der Waals surface area contributed by atoms with Crippen molar-refractivity contribution in [2.75, 3.05) is 20.1 Å². The van der Waals surface area contributed by atoms with Gasteiger partial charge in [-0.2, -0.15) is 0 Å². The minimum Gasteiger partial charge on any atom is -0.334 e. The van der Waals surface area contributed by atoms with Gasteiger partial charge >= 0.3 is 0 Å². The van der Waals surface area contributed by atoms with Crippen molar-refractivity contribution in [1.29, 1.82) is 0 Å². The molecule has 1 aliphatic heterocycles. The number of carbonyl (C=O) groups is 1. The number of hydrogen-bond donors (Lipinski definition) is 1. The molecule has 1 aliphatic rings. The Labute approximate surface area is 122 Å². The molecule has 1 fully saturated rings. The fourth-order valence-corrected chi connectivity index (χ4v) is 2.89. The SMILES string of the molecule is CNCC1CCCCN1C(=O)c1ccc(C(C)C)cc1. The number of carbonyl (C=O) groups excluding carboxylic acids is 1. The first kappa shape index (κ1) is 15.0. The van der Waals surface area contributed by atoms with E-state index in [4.69, 9.17) is 0 Å². The van der Waals surface area contributed by atoms with Crippen LogP contribution in [-0.2, 0) is 0 Å². The van der Waals surface area contributed by atoms with E-state index in [-0.39, 0.29) is 5.91 Å². The van der Waals surface area contributed by atoms with E-state index in [1.54, 1.807) is 0 Å². The lowest BCUT2D eigenvalue weighted by atomic mass is 9.98.